The van der Waals surface area contributed by atoms with Crippen LogP contribution in [0.15, 0.2) is 30.5 Å². The van der Waals surface area contributed by atoms with Crippen LogP contribution in [0, 0.1) is 6.92 Å². The summed E-state index contributed by atoms with van der Waals surface area (Å²) in [6.07, 6.45) is 1.79. The maximum atomic E-state index is 12.1. The molecule has 0 aliphatic carbocycles. The van der Waals surface area contributed by atoms with E-state index in [1.807, 2.05) is 26.0 Å². The van der Waals surface area contributed by atoms with Gasteiger partial charge in [0.25, 0.3) is 5.91 Å². The van der Waals surface area contributed by atoms with Gasteiger partial charge in [0.2, 0.25) is 0 Å². The van der Waals surface area contributed by atoms with E-state index in [-0.39, 0.29) is 5.91 Å². The number of aryl methyl sites for hydroxylation is 2. The molecule has 1 N–H and O–H groups in total. The Balaban J connectivity index is 1.83. The van der Waals surface area contributed by atoms with Crippen LogP contribution in [0.1, 0.15) is 23.0 Å². The monoisotopic (exact) mass is 286 g/mol. The molecule has 0 aliphatic rings. The summed E-state index contributed by atoms with van der Waals surface area (Å²) in [5.41, 5.74) is 2.48. The van der Waals surface area contributed by atoms with Gasteiger partial charge in [0.05, 0.1) is 10.2 Å². The molecule has 0 saturated heterocycles. The largest absolute Gasteiger partial charge is 0.296 e. The molecular weight excluding hydrogens is 272 g/mol. The molecule has 1 amide bonds. The molecule has 2 heterocycles. The summed E-state index contributed by atoms with van der Waals surface area (Å²) < 4.78 is 2.79. The minimum Gasteiger partial charge on any atom is -0.296 e. The van der Waals surface area contributed by atoms with Crippen LogP contribution in [0.2, 0.25) is 0 Å². The van der Waals surface area contributed by atoms with E-state index in [1.54, 1.807) is 16.9 Å². The van der Waals surface area contributed by atoms with Crippen molar-refractivity contribution in [3.8, 4) is 0 Å². The number of amides is 1. The van der Waals surface area contributed by atoms with Crippen LogP contribution in [-0.2, 0) is 6.54 Å². The first kappa shape index (κ1) is 12.8. The molecule has 0 radical (unpaired) electrons. The second-order valence-corrected chi connectivity index (χ2v) is 5.53. The summed E-state index contributed by atoms with van der Waals surface area (Å²) in [6.45, 7) is 4.76. The molecule has 0 spiro atoms. The van der Waals surface area contributed by atoms with Crippen LogP contribution in [0.4, 0.5) is 5.13 Å². The fraction of sp³-hybridized carbons (Fsp3) is 0.214. The van der Waals surface area contributed by atoms with Crippen LogP contribution in [0.3, 0.4) is 0 Å². The predicted molar refractivity (Wildman–Crippen MR) is 80.2 cm³/mol. The number of carbonyl (C=O) groups excluding carboxylic acids is 1. The van der Waals surface area contributed by atoms with Gasteiger partial charge >= 0.3 is 0 Å². The summed E-state index contributed by atoms with van der Waals surface area (Å²) in [4.78, 5) is 16.5. The minimum atomic E-state index is -0.229. The quantitative estimate of drug-likeness (QED) is 0.805. The maximum absolute atomic E-state index is 12.1. The number of aromatic nitrogens is 3. The Hall–Kier alpha value is -2.21. The van der Waals surface area contributed by atoms with Crippen LogP contribution < -0.4 is 5.32 Å². The molecule has 0 atom stereocenters. The molecule has 5 nitrogen and oxygen atoms in total. The molecule has 0 fully saturated rings. The SMILES string of the molecule is CCn1ccc(C(=O)Nc2nc3ccc(C)cc3s2)n1. The van der Waals surface area contributed by atoms with Crippen molar-refractivity contribution in [2.75, 3.05) is 5.32 Å². The number of fused-ring (bicyclic) bond motifs is 1. The van der Waals surface area contributed by atoms with Crippen LogP contribution in [-0.4, -0.2) is 20.7 Å². The molecular formula is C14H14N4OS. The molecule has 20 heavy (non-hydrogen) atoms. The van der Waals surface area contributed by atoms with Gasteiger partial charge in [0.1, 0.15) is 0 Å². The molecule has 3 rings (SSSR count). The fourth-order valence-electron chi connectivity index (χ4n) is 1.91. The number of rotatable bonds is 3. The van der Waals surface area contributed by atoms with Crippen molar-refractivity contribution in [2.45, 2.75) is 20.4 Å². The van der Waals surface area contributed by atoms with Crippen LogP contribution in [0.25, 0.3) is 10.2 Å². The van der Waals surface area contributed by atoms with E-state index in [0.717, 1.165) is 16.8 Å². The molecule has 0 saturated carbocycles. The van der Waals surface area contributed by atoms with E-state index >= 15 is 0 Å². The summed E-state index contributed by atoms with van der Waals surface area (Å²) in [5, 5.41) is 7.57. The zero-order valence-corrected chi connectivity index (χ0v) is 12.1. The average molecular weight is 286 g/mol. The van der Waals surface area contributed by atoms with Gasteiger partial charge in [-0.15, -0.1) is 0 Å². The van der Waals surface area contributed by atoms with Crippen molar-refractivity contribution >= 4 is 32.6 Å². The van der Waals surface area contributed by atoms with Gasteiger partial charge in [-0.2, -0.15) is 5.10 Å². The van der Waals surface area contributed by atoms with Gasteiger partial charge in [-0.1, -0.05) is 17.4 Å². The summed E-state index contributed by atoms with van der Waals surface area (Å²) >= 11 is 1.47. The van der Waals surface area contributed by atoms with E-state index in [9.17, 15) is 4.79 Å². The van der Waals surface area contributed by atoms with Crippen molar-refractivity contribution in [3.63, 3.8) is 0 Å². The van der Waals surface area contributed by atoms with Crippen molar-refractivity contribution in [3.05, 3.63) is 41.7 Å². The van der Waals surface area contributed by atoms with Gasteiger partial charge in [-0.05, 0) is 37.6 Å². The lowest BCUT2D eigenvalue weighted by atomic mass is 10.2. The topological polar surface area (TPSA) is 59.8 Å². The maximum Gasteiger partial charge on any atom is 0.277 e. The smallest absolute Gasteiger partial charge is 0.277 e. The molecule has 1 aromatic carbocycles. The van der Waals surface area contributed by atoms with Crippen LogP contribution >= 0.6 is 11.3 Å². The first-order chi connectivity index (χ1) is 9.65. The highest BCUT2D eigenvalue weighted by Crippen LogP contribution is 2.26. The van der Waals surface area contributed by atoms with Crippen molar-refractivity contribution < 1.29 is 4.79 Å². The Morgan fingerprint density at radius 3 is 3.00 bits per heavy atom. The molecule has 0 unspecified atom stereocenters. The third kappa shape index (κ3) is 2.42. The highest BCUT2D eigenvalue weighted by molar-refractivity contribution is 7.22. The average Bonchev–Trinajstić information content (AvgIpc) is 3.03. The van der Waals surface area contributed by atoms with E-state index in [1.165, 1.54) is 16.9 Å². The lowest BCUT2D eigenvalue weighted by Crippen LogP contribution is -2.13. The van der Waals surface area contributed by atoms with Gasteiger partial charge in [0, 0.05) is 12.7 Å². The van der Waals surface area contributed by atoms with E-state index in [4.69, 9.17) is 0 Å². The van der Waals surface area contributed by atoms with Gasteiger partial charge in [0.15, 0.2) is 10.8 Å². The number of hydrogen-bond acceptors (Lipinski definition) is 4. The Morgan fingerprint density at radius 1 is 1.40 bits per heavy atom. The van der Waals surface area contributed by atoms with E-state index < -0.39 is 0 Å². The van der Waals surface area contributed by atoms with Crippen molar-refractivity contribution in [2.24, 2.45) is 0 Å². The summed E-state index contributed by atoms with van der Waals surface area (Å²) in [6, 6.07) is 7.74. The molecule has 2 aromatic heterocycles. The first-order valence-corrected chi connectivity index (χ1v) is 7.19. The number of hydrogen-bond donors (Lipinski definition) is 1. The highest BCUT2D eigenvalue weighted by Gasteiger charge is 2.12. The lowest BCUT2D eigenvalue weighted by Gasteiger charge is -1.97. The Labute approximate surface area is 120 Å². The number of benzene rings is 1. The number of thiazole rings is 1. The number of anilines is 1. The second kappa shape index (κ2) is 5.05. The Morgan fingerprint density at radius 2 is 2.25 bits per heavy atom. The van der Waals surface area contributed by atoms with E-state index in [2.05, 4.69) is 21.5 Å². The predicted octanol–water partition coefficient (Wildman–Crippen LogP) is 3.07. The molecule has 0 aliphatic heterocycles. The highest BCUT2D eigenvalue weighted by atomic mass is 32.1. The van der Waals surface area contributed by atoms with Crippen molar-refractivity contribution in [1.82, 2.24) is 14.8 Å². The fourth-order valence-corrected chi connectivity index (χ4v) is 2.86. The number of nitrogens with one attached hydrogen (secondary N) is 1. The van der Waals surface area contributed by atoms with Gasteiger partial charge in [-0.3, -0.25) is 14.8 Å². The minimum absolute atomic E-state index is 0.229. The third-order valence-electron chi connectivity index (χ3n) is 2.96. The molecule has 102 valence electrons. The molecule has 3 aromatic rings. The van der Waals surface area contributed by atoms with Gasteiger partial charge < -0.3 is 0 Å². The lowest BCUT2D eigenvalue weighted by molar-refractivity contribution is 0.102. The van der Waals surface area contributed by atoms with Gasteiger partial charge in [-0.25, -0.2) is 4.98 Å². The normalized spacial score (nSPS) is 10.9. The van der Waals surface area contributed by atoms with E-state index in [0.29, 0.717) is 10.8 Å². The number of carbonyl (C=O) groups is 1. The number of nitrogens with zero attached hydrogens (tertiary/aromatic N) is 3. The first-order valence-electron chi connectivity index (χ1n) is 6.37. The van der Waals surface area contributed by atoms with Crippen molar-refractivity contribution in [1.29, 1.82) is 0 Å². The summed E-state index contributed by atoms with van der Waals surface area (Å²) in [5.74, 6) is -0.229. The van der Waals surface area contributed by atoms with Crippen LogP contribution in [0.5, 0.6) is 0 Å². The standard InChI is InChI=1S/C14H14N4OS/c1-3-18-7-6-11(17-18)13(19)16-14-15-10-5-4-9(2)8-12(10)20-14/h4-8H,3H2,1-2H3,(H,15,16,19). The zero-order chi connectivity index (χ0) is 14.1. The Kier molecular flexibility index (Phi) is 3.23. The third-order valence-corrected chi connectivity index (χ3v) is 3.90. The zero-order valence-electron chi connectivity index (χ0n) is 11.3. The summed E-state index contributed by atoms with van der Waals surface area (Å²) in [7, 11) is 0. The molecule has 0 bridgehead atoms. The molecule has 6 heteroatoms. The second-order valence-electron chi connectivity index (χ2n) is 4.50. The Bertz CT molecular complexity index is 774.